The van der Waals surface area contributed by atoms with Crippen molar-refractivity contribution >= 4 is 20.2 Å². The molecule has 1 unspecified atom stereocenters. The average Bonchev–Trinajstić information content (AvgIpc) is 3.13. The van der Waals surface area contributed by atoms with Crippen LogP contribution >= 0.6 is 0 Å². The molecule has 0 spiro atoms. The minimum Gasteiger partial charge on any atom is -0.312 e. The maximum atomic E-state index is 11.2. The molecular weight excluding hydrogens is 474 g/mol. The van der Waals surface area contributed by atoms with Gasteiger partial charge in [0.1, 0.15) is 0 Å². The highest BCUT2D eigenvalue weighted by atomic mass is 32.9. The minimum absolute atomic E-state index is 0.208. The molecule has 2 N–H and O–H groups in total. The Morgan fingerprint density at radius 1 is 1.00 bits per heavy atom. The molecule has 0 saturated heterocycles. The Hall–Kier alpha value is 0.250. The van der Waals surface area contributed by atoms with Crippen LogP contribution in [0.25, 0.3) is 0 Å². The minimum atomic E-state index is -3.51. The molecule has 35 heavy (non-hydrogen) atoms. The van der Waals surface area contributed by atoms with Gasteiger partial charge in [-0.1, -0.05) is 53.9 Å². The first-order chi connectivity index (χ1) is 16.4. The first-order valence-electron chi connectivity index (χ1n) is 14.8. The van der Waals surface area contributed by atoms with Crippen LogP contribution in [0.4, 0.5) is 0 Å². The van der Waals surface area contributed by atoms with Crippen LogP contribution in [0.1, 0.15) is 112 Å². The Labute approximate surface area is 221 Å². The number of rotatable bonds is 10. The largest absolute Gasteiger partial charge is 0.312 e. The molecule has 204 valence electrons. The number of hydrogen-bond donors (Lipinski definition) is 2. The van der Waals surface area contributed by atoms with Crippen LogP contribution in [0.3, 0.4) is 0 Å². The van der Waals surface area contributed by atoms with Crippen molar-refractivity contribution in [2.45, 2.75) is 118 Å². The number of hydrogen-bond acceptors (Lipinski definition) is 4. The third kappa shape index (κ3) is 6.13. The fourth-order valence-electron chi connectivity index (χ4n) is 9.88. The lowest BCUT2D eigenvalue weighted by Crippen LogP contribution is -2.55. The molecule has 0 radical (unpaired) electrons. The van der Waals surface area contributed by atoms with Crippen LogP contribution in [-0.2, 0) is 24.4 Å². The number of fused-ring (bicyclic) bond motifs is 5. The highest BCUT2D eigenvalue weighted by Gasteiger charge is 2.60. The van der Waals surface area contributed by atoms with E-state index in [-0.39, 0.29) is 6.61 Å². The normalized spacial score (nSPS) is 43.7. The second kappa shape index (κ2) is 11.2. The van der Waals surface area contributed by atoms with E-state index in [2.05, 4.69) is 51.1 Å². The molecular formula is C29H53NO3S2. The van der Waals surface area contributed by atoms with Crippen molar-refractivity contribution in [2.24, 2.45) is 52.3 Å². The first kappa shape index (κ1) is 28.3. The number of nitrogens with one attached hydrogen (secondary N) is 1. The molecule has 4 aliphatic carbocycles. The molecule has 4 saturated carbocycles. The van der Waals surface area contributed by atoms with Crippen LogP contribution in [0.2, 0.25) is 0 Å². The van der Waals surface area contributed by atoms with Crippen LogP contribution in [0.5, 0.6) is 0 Å². The summed E-state index contributed by atoms with van der Waals surface area (Å²) >= 11 is 4.42. The predicted octanol–water partition coefficient (Wildman–Crippen LogP) is 7.22. The van der Waals surface area contributed by atoms with E-state index >= 15 is 0 Å². The SMILES string of the molecule is CC(C)CCC[C@@H](C)[C@H]1CC[C@H]2[C@@H]3CC[C@H]4C[C@H](NCCOS(=O)(O)=S)CC[C@]4(C)[C@H]3CC[C@]12C. The Morgan fingerprint density at radius 3 is 2.43 bits per heavy atom. The van der Waals surface area contributed by atoms with Crippen molar-refractivity contribution in [3.8, 4) is 0 Å². The van der Waals surface area contributed by atoms with E-state index in [1.54, 1.807) is 0 Å². The maximum Gasteiger partial charge on any atom is 0.266 e. The quantitative estimate of drug-likeness (QED) is 0.294. The summed E-state index contributed by atoms with van der Waals surface area (Å²) in [6.07, 6.45) is 16.7. The standard InChI is InChI=1S/C29H53NO3S2/c1-20(2)7-6-8-21(3)25-11-12-26-24-10-9-22-19-23(30-17-18-33-35(31,32)34)13-15-28(22,4)27(24)14-16-29(25,26)5/h20-27,30H,6-19H2,1-5H3,(H,31,32,34)/t21-,22+,23-,24+,25-,26+,27+,28+,29-/m1/s1. The molecule has 4 rings (SSSR count). The summed E-state index contributed by atoms with van der Waals surface area (Å²) in [4.78, 5) is 0. The molecule has 4 nitrogen and oxygen atoms in total. The van der Waals surface area contributed by atoms with Gasteiger partial charge >= 0.3 is 0 Å². The lowest BCUT2D eigenvalue weighted by molar-refractivity contribution is -0.118. The van der Waals surface area contributed by atoms with Crippen LogP contribution in [0.15, 0.2) is 0 Å². The van der Waals surface area contributed by atoms with Gasteiger partial charge in [-0.3, -0.25) is 8.74 Å². The van der Waals surface area contributed by atoms with Crippen molar-refractivity contribution in [3.63, 3.8) is 0 Å². The smallest absolute Gasteiger partial charge is 0.266 e. The Kier molecular flexibility index (Phi) is 9.01. The molecule has 4 aliphatic rings. The van der Waals surface area contributed by atoms with E-state index in [0.717, 1.165) is 41.4 Å². The van der Waals surface area contributed by atoms with Gasteiger partial charge in [0.25, 0.3) is 9.05 Å². The lowest BCUT2D eigenvalue weighted by Gasteiger charge is -2.61. The fourth-order valence-corrected chi connectivity index (χ4v) is 10.4. The summed E-state index contributed by atoms with van der Waals surface area (Å²) in [6, 6.07) is 0.504. The zero-order valence-corrected chi connectivity index (χ0v) is 24.7. The molecule has 0 bridgehead atoms. The summed E-state index contributed by atoms with van der Waals surface area (Å²) in [5.74, 6) is 6.30. The van der Waals surface area contributed by atoms with Gasteiger partial charge in [0, 0.05) is 23.8 Å². The van der Waals surface area contributed by atoms with E-state index < -0.39 is 9.05 Å². The van der Waals surface area contributed by atoms with Crippen LogP contribution in [0, 0.1) is 52.3 Å². The van der Waals surface area contributed by atoms with Gasteiger partial charge < -0.3 is 5.32 Å². The summed E-state index contributed by atoms with van der Waals surface area (Å²) in [6.45, 7) is 13.5. The molecule has 0 aliphatic heterocycles. The van der Waals surface area contributed by atoms with Gasteiger partial charge in [0.15, 0.2) is 0 Å². The van der Waals surface area contributed by atoms with Crippen molar-refractivity contribution in [1.29, 1.82) is 0 Å². The van der Waals surface area contributed by atoms with Crippen molar-refractivity contribution in [1.82, 2.24) is 5.32 Å². The molecule has 0 aromatic heterocycles. The monoisotopic (exact) mass is 527 g/mol. The van der Waals surface area contributed by atoms with Crippen molar-refractivity contribution in [2.75, 3.05) is 13.2 Å². The van der Waals surface area contributed by atoms with Crippen molar-refractivity contribution < 1.29 is 12.9 Å². The van der Waals surface area contributed by atoms with Gasteiger partial charge in [0.2, 0.25) is 0 Å². The van der Waals surface area contributed by atoms with E-state index in [1.807, 2.05) is 0 Å². The molecule has 4 fully saturated rings. The molecule has 6 heteroatoms. The topological polar surface area (TPSA) is 58.6 Å². The van der Waals surface area contributed by atoms with Gasteiger partial charge in [-0.05, 0) is 110 Å². The highest BCUT2D eigenvalue weighted by molar-refractivity contribution is 8.27. The summed E-state index contributed by atoms with van der Waals surface area (Å²) < 4.78 is 25.1. The average molecular weight is 528 g/mol. The fraction of sp³-hybridized carbons (Fsp3) is 1.00. The predicted molar refractivity (Wildman–Crippen MR) is 149 cm³/mol. The van der Waals surface area contributed by atoms with Gasteiger partial charge in [-0.2, -0.15) is 4.21 Å². The Balaban J connectivity index is 1.34. The van der Waals surface area contributed by atoms with Gasteiger partial charge in [0.05, 0.1) is 6.61 Å². The third-order valence-electron chi connectivity index (χ3n) is 11.6. The maximum absolute atomic E-state index is 11.2. The van der Waals surface area contributed by atoms with E-state index in [9.17, 15) is 4.21 Å². The lowest BCUT2D eigenvalue weighted by atomic mass is 9.44. The van der Waals surface area contributed by atoms with E-state index in [1.165, 1.54) is 77.0 Å². The first-order valence-corrected chi connectivity index (χ1v) is 17.2. The molecule has 10 atom stereocenters. The highest BCUT2D eigenvalue weighted by Crippen LogP contribution is 2.68. The second-order valence-electron chi connectivity index (χ2n) is 13.9. The van der Waals surface area contributed by atoms with Crippen LogP contribution in [-0.4, -0.2) is 28.0 Å². The van der Waals surface area contributed by atoms with Crippen LogP contribution < -0.4 is 5.32 Å². The van der Waals surface area contributed by atoms with Gasteiger partial charge in [-0.25, -0.2) is 0 Å². The van der Waals surface area contributed by atoms with E-state index in [4.69, 9.17) is 8.74 Å². The molecule has 0 amide bonds. The molecule has 0 aromatic carbocycles. The van der Waals surface area contributed by atoms with E-state index in [0.29, 0.717) is 23.4 Å². The summed E-state index contributed by atoms with van der Waals surface area (Å²) in [5, 5.41) is 3.59. The summed E-state index contributed by atoms with van der Waals surface area (Å²) in [7, 11) is -3.51. The second-order valence-corrected chi connectivity index (χ2v) is 16.2. The molecule has 0 heterocycles. The van der Waals surface area contributed by atoms with Crippen molar-refractivity contribution in [3.05, 3.63) is 0 Å². The zero-order valence-electron chi connectivity index (χ0n) is 23.1. The Bertz CT molecular complexity index is 817. The third-order valence-corrected chi connectivity index (χ3v) is 12.4. The zero-order chi connectivity index (χ0) is 25.4. The Morgan fingerprint density at radius 2 is 1.71 bits per heavy atom. The summed E-state index contributed by atoms with van der Waals surface area (Å²) in [5.41, 5.74) is 1.08. The molecule has 0 aromatic rings. The van der Waals surface area contributed by atoms with Gasteiger partial charge in [-0.15, -0.1) is 0 Å².